The monoisotopic (exact) mass is 290 g/mol. The van der Waals surface area contributed by atoms with Crippen LogP contribution in [0.2, 0.25) is 0 Å². The summed E-state index contributed by atoms with van der Waals surface area (Å²) in [5.41, 5.74) is 3.52. The highest BCUT2D eigenvalue weighted by atomic mass is 16.1. The number of nitrogens with zero attached hydrogens (tertiary/aromatic N) is 4. The fourth-order valence-electron chi connectivity index (χ4n) is 2.21. The maximum absolute atomic E-state index is 12.2. The summed E-state index contributed by atoms with van der Waals surface area (Å²) >= 11 is 0. The van der Waals surface area contributed by atoms with E-state index in [1.54, 1.807) is 18.2 Å². The zero-order valence-electron chi connectivity index (χ0n) is 11.3. The summed E-state index contributed by atoms with van der Waals surface area (Å²) in [5, 5.41) is 8.88. The molecule has 2 N–H and O–H groups in total. The van der Waals surface area contributed by atoms with Crippen LogP contribution in [0.5, 0.6) is 0 Å². The molecule has 1 amide bonds. The van der Waals surface area contributed by atoms with Gasteiger partial charge in [0.05, 0.1) is 22.1 Å². The number of hydrogen-bond donors (Lipinski definition) is 2. The molecular weight excluding hydrogens is 280 g/mol. The molecule has 2 heterocycles. The van der Waals surface area contributed by atoms with Crippen molar-refractivity contribution < 1.29 is 4.79 Å². The number of fused-ring (bicyclic) bond motifs is 2. The number of aromatic nitrogens is 5. The first kappa shape index (κ1) is 12.4. The van der Waals surface area contributed by atoms with Gasteiger partial charge in [0.1, 0.15) is 6.33 Å². The van der Waals surface area contributed by atoms with Gasteiger partial charge in [-0.15, -0.1) is 0 Å². The lowest BCUT2D eigenvalue weighted by molar-refractivity contribution is 0.102. The highest BCUT2D eigenvalue weighted by Gasteiger charge is 2.10. The Kier molecular flexibility index (Phi) is 2.75. The fraction of sp³-hybridized carbons (Fsp3) is 0. The third-order valence-electron chi connectivity index (χ3n) is 3.25. The van der Waals surface area contributed by atoms with Gasteiger partial charge in [0.25, 0.3) is 5.91 Å². The first-order chi connectivity index (χ1) is 10.8. The van der Waals surface area contributed by atoms with Gasteiger partial charge in [0, 0.05) is 5.56 Å². The lowest BCUT2D eigenvalue weighted by Crippen LogP contribution is -2.13. The van der Waals surface area contributed by atoms with E-state index in [4.69, 9.17) is 0 Å². The van der Waals surface area contributed by atoms with Crippen molar-refractivity contribution in [3.63, 3.8) is 0 Å². The molecule has 0 radical (unpaired) electrons. The van der Waals surface area contributed by atoms with Gasteiger partial charge in [0.2, 0.25) is 5.95 Å². The van der Waals surface area contributed by atoms with E-state index >= 15 is 0 Å². The standard InChI is InChI=1S/C15H10N6O/c22-14(20-15-16-8-17-21-15)9-5-6-12-13(7-9)19-11-4-2-1-3-10(11)18-12/h1-8H,(H2,16,17,20,21,22). The summed E-state index contributed by atoms with van der Waals surface area (Å²) in [4.78, 5) is 25.1. The summed E-state index contributed by atoms with van der Waals surface area (Å²) in [7, 11) is 0. The third-order valence-corrected chi connectivity index (χ3v) is 3.25. The van der Waals surface area contributed by atoms with Gasteiger partial charge in [0.15, 0.2) is 0 Å². The summed E-state index contributed by atoms with van der Waals surface area (Å²) in [5.74, 6) is 0.0169. The Labute approximate surface area is 124 Å². The molecule has 0 saturated carbocycles. The Morgan fingerprint density at radius 1 is 0.955 bits per heavy atom. The Hall–Kier alpha value is -3.35. The van der Waals surface area contributed by atoms with Crippen LogP contribution in [0.1, 0.15) is 10.4 Å². The van der Waals surface area contributed by atoms with Crippen LogP contribution in [-0.4, -0.2) is 31.1 Å². The maximum atomic E-state index is 12.2. The minimum atomic E-state index is -0.284. The number of anilines is 1. The lowest BCUT2D eigenvalue weighted by Gasteiger charge is -2.04. The van der Waals surface area contributed by atoms with Crippen LogP contribution < -0.4 is 5.32 Å². The van der Waals surface area contributed by atoms with E-state index in [0.717, 1.165) is 16.6 Å². The van der Waals surface area contributed by atoms with E-state index in [9.17, 15) is 4.79 Å². The molecule has 22 heavy (non-hydrogen) atoms. The molecule has 4 rings (SSSR count). The van der Waals surface area contributed by atoms with Crippen molar-refractivity contribution in [2.24, 2.45) is 0 Å². The molecule has 7 heteroatoms. The zero-order chi connectivity index (χ0) is 14.9. The largest absolute Gasteiger partial charge is 0.291 e. The van der Waals surface area contributed by atoms with Gasteiger partial charge in [-0.1, -0.05) is 12.1 Å². The molecule has 0 fully saturated rings. The van der Waals surface area contributed by atoms with Crippen molar-refractivity contribution in [2.75, 3.05) is 5.32 Å². The van der Waals surface area contributed by atoms with Crippen molar-refractivity contribution >= 4 is 33.9 Å². The van der Waals surface area contributed by atoms with Crippen LogP contribution in [0.3, 0.4) is 0 Å². The zero-order valence-corrected chi connectivity index (χ0v) is 11.3. The van der Waals surface area contributed by atoms with Crippen LogP contribution in [-0.2, 0) is 0 Å². The minimum Gasteiger partial charge on any atom is -0.291 e. The van der Waals surface area contributed by atoms with Crippen LogP contribution >= 0.6 is 0 Å². The van der Waals surface area contributed by atoms with Crippen LogP contribution in [0, 0.1) is 0 Å². The van der Waals surface area contributed by atoms with Gasteiger partial charge in [-0.25, -0.2) is 15.1 Å². The van der Waals surface area contributed by atoms with Crippen molar-refractivity contribution in [2.45, 2.75) is 0 Å². The number of rotatable bonds is 2. The number of para-hydroxylation sites is 2. The minimum absolute atomic E-state index is 0.284. The fourth-order valence-corrected chi connectivity index (χ4v) is 2.21. The second-order valence-corrected chi connectivity index (χ2v) is 4.70. The van der Waals surface area contributed by atoms with Crippen molar-refractivity contribution in [1.82, 2.24) is 25.1 Å². The number of aromatic amines is 1. The molecule has 2 aromatic heterocycles. The summed E-state index contributed by atoms with van der Waals surface area (Å²) in [6.45, 7) is 0. The topological polar surface area (TPSA) is 96.5 Å². The highest BCUT2D eigenvalue weighted by Crippen LogP contribution is 2.17. The van der Waals surface area contributed by atoms with E-state index in [0.29, 0.717) is 17.0 Å². The number of amides is 1. The molecular formula is C15H10N6O. The Morgan fingerprint density at radius 2 is 1.68 bits per heavy atom. The molecule has 7 nitrogen and oxygen atoms in total. The predicted octanol–water partition coefficient (Wildman–Crippen LogP) is 2.15. The van der Waals surface area contributed by atoms with E-state index in [1.165, 1.54) is 6.33 Å². The normalized spacial score (nSPS) is 10.9. The number of H-pyrrole nitrogens is 1. The van der Waals surface area contributed by atoms with Gasteiger partial charge < -0.3 is 0 Å². The van der Waals surface area contributed by atoms with E-state index in [-0.39, 0.29) is 5.91 Å². The average molecular weight is 290 g/mol. The molecule has 0 bridgehead atoms. The Bertz CT molecular complexity index is 980. The molecule has 2 aromatic carbocycles. The first-order valence-electron chi connectivity index (χ1n) is 6.63. The van der Waals surface area contributed by atoms with E-state index in [2.05, 4.69) is 30.5 Å². The number of carbonyl (C=O) groups is 1. The third kappa shape index (κ3) is 2.14. The van der Waals surface area contributed by atoms with Crippen LogP contribution in [0.25, 0.3) is 22.1 Å². The number of hydrogen-bond acceptors (Lipinski definition) is 5. The number of benzene rings is 2. The summed E-state index contributed by atoms with van der Waals surface area (Å²) < 4.78 is 0. The van der Waals surface area contributed by atoms with Crippen molar-refractivity contribution in [1.29, 1.82) is 0 Å². The van der Waals surface area contributed by atoms with Crippen molar-refractivity contribution in [3.05, 3.63) is 54.4 Å². The van der Waals surface area contributed by atoms with Crippen LogP contribution in [0.15, 0.2) is 48.8 Å². The second-order valence-electron chi connectivity index (χ2n) is 4.70. The molecule has 4 aromatic rings. The van der Waals surface area contributed by atoms with E-state index in [1.807, 2.05) is 24.3 Å². The lowest BCUT2D eigenvalue weighted by atomic mass is 10.1. The maximum Gasteiger partial charge on any atom is 0.258 e. The number of nitrogens with one attached hydrogen (secondary N) is 2. The molecule has 106 valence electrons. The smallest absolute Gasteiger partial charge is 0.258 e. The Morgan fingerprint density at radius 3 is 2.41 bits per heavy atom. The molecule has 0 unspecified atom stereocenters. The molecule has 0 aliphatic heterocycles. The van der Waals surface area contributed by atoms with Crippen LogP contribution in [0.4, 0.5) is 5.95 Å². The quantitative estimate of drug-likeness (QED) is 0.551. The molecule has 0 aliphatic carbocycles. The first-order valence-corrected chi connectivity index (χ1v) is 6.63. The summed E-state index contributed by atoms with van der Waals surface area (Å²) in [6, 6.07) is 12.8. The molecule has 0 atom stereocenters. The molecule has 0 saturated heterocycles. The summed E-state index contributed by atoms with van der Waals surface area (Å²) in [6.07, 6.45) is 1.33. The number of carbonyl (C=O) groups excluding carboxylic acids is 1. The van der Waals surface area contributed by atoms with Gasteiger partial charge in [-0.05, 0) is 30.3 Å². The van der Waals surface area contributed by atoms with Gasteiger partial charge in [-0.2, -0.15) is 10.1 Å². The van der Waals surface area contributed by atoms with Gasteiger partial charge >= 0.3 is 0 Å². The molecule has 0 aliphatic rings. The molecule has 0 spiro atoms. The average Bonchev–Trinajstić information content (AvgIpc) is 3.05. The second kappa shape index (κ2) is 4.88. The van der Waals surface area contributed by atoms with Gasteiger partial charge in [-0.3, -0.25) is 10.1 Å². The predicted molar refractivity (Wildman–Crippen MR) is 81.4 cm³/mol. The van der Waals surface area contributed by atoms with Crippen molar-refractivity contribution in [3.8, 4) is 0 Å². The highest BCUT2D eigenvalue weighted by molar-refractivity contribution is 6.05. The Balaban J connectivity index is 1.76. The van der Waals surface area contributed by atoms with E-state index < -0.39 is 0 Å². The SMILES string of the molecule is O=C(Nc1ncn[nH]1)c1ccc2nc3ccccc3nc2c1.